The van der Waals surface area contributed by atoms with Gasteiger partial charge in [0.15, 0.2) is 35.4 Å². The van der Waals surface area contributed by atoms with Crippen molar-refractivity contribution in [1.82, 2.24) is 29.7 Å². The zero-order valence-electron chi connectivity index (χ0n) is 22.5. The van der Waals surface area contributed by atoms with Crippen LogP contribution in [0.1, 0.15) is 38.2 Å². The van der Waals surface area contributed by atoms with Gasteiger partial charge in [0.2, 0.25) is 5.82 Å². The highest BCUT2D eigenvalue weighted by Gasteiger charge is 2.47. The largest absolute Gasteiger partial charge is 0.415 e. The fourth-order valence-electron chi connectivity index (χ4n) is 4.86. The lowest BCUT2D eigenvalue weighted by molar-refractivity contribution is -0.137. The van der Waals surface area contributed by atoms with E-state index in [0.717, 1.165) is 12.1 Å². The molecule has 2 aliphatic rings. The maximum Gasteiger partial charge on any atom is 0.415 e. The number of fused-ring (bicyclic) bond motifs is 1. The van der Waals surface area contributed by atoms with Crippen LogP contribution in [0.5, 0.6) is 5.75 Å². The fraction of sp³-hybridized carbons (Fsp3) is 0.444. The first-order valence-corrected chi connectivity index (χ1v) is 13.4. The van der Waals surface area contributed by atoms with Gasteiger partial charge in [-0.1, -0.05) is 5.92 Å². The summed E-state index contributed by atoms with van der Waals surface area (Å²) < 4.78 is 38.7. The molecule has 4 heterocycles. The summed E-state index contributed by atoms with van der Waals surface area (Å²) in [5, 5.41) is 23.5. The Morgan fingerprint density at radius 3 is 2.67 bits per heavy atom. The minimum Gasteiger partial charge on any atom is -0.410 e. The molecule has 0 aliphatic carbocycles. The summed E-state index contributed by atoms with van der Waals surface area (Å²) in [4.78, 5) is 38.9. The zero-order valence-corrected chi connectivity index (χ0v) is 22.5. The molecule has 2 aromatic heterocycles. The highest BCUT2D eigenvalue weighted by atomic mass is 19.2. The van der Waals surface area contributed by atoms with E-state index in [1.165, 1.54) is 21.9 Å². The Bertz CT molecular complexity index is 1550. The van der Waals surface area contributed by atoms with Crippen molar-refractivity contribution in [3.8, 4) is 17.6 Å². The Balaban J connectivity index is 1.21. The van der Waals surface area contributed by atoms with Crippen LogP contribution < -0.4 is 15.8 Å². The van der Waals surface area contributed by atoms with Gasteiger partial charge in [-0.25, -0.2) is 28.5 Å². The summed E-state index contributed by atoms with van der Waals surface area (Å²) in [6, 6.07) is 2.91. The highest BCUT2D eigenvalue weighted by molar-refractivity contribution is 5.83. The van der Waals surface area contributed by atoms with E-state index in [1.54, 1.807) is 6.92 Å². The molecule has 2 aliphatic heterocycles. The summed E-state index contributed by atoms with van der Waals surface area (Å²) in [5.74, 6) is 3.55. The van der Waals surface area contributed by atoms with Crippen molar-refractivity contribution < 1.29 is 38.1 Å². The standard InChI is InChI=1S/C27H29F2N7O6/c1-2-31-25(39)22-20(37)21(38)26(42-22)36-13-32-19-23(30)33-18(34-24(19)36)5-3-4-14-8-10-35(11-9-14)27(40)41-15-6-7-16(28)17(29)12-15/h6-7,12-14,20-22,26,37-38H,2,4,8-11H2,1H3,(H,31,39)(H2,30,33,34)/t20-,21+,22-,26+/m0/s1. The first-order valence-electron chi connectivity index (χ1n) is 13.4. The zero-order chi connectivity index (χ0) is 30.0. The van der Waals surface area contributed by atoms with Gasteiger partial charge in [0.1, 0.15) is 23.5 Å². The maximum atomic E-state index is 13.4. The number of imidazole rings is 1. The fourth-order valence-corrected chi connectivity index (χ4v) is 4.86. The normalized spacial score (nSPS) is 22.5. The number of ether oxygens (including phenoxy) is 2. The number of nitrogen functional groups attached to an aromatic ring is 1. The van der Waals surface area contributed by atoms with Gasteiger partial charge in [-0.15, -0.1) is 0 Å². The molecule has 0 radical (unpaired) electrons. The highest BCUT2D eigenvalue weighted by Crippen LogP contribution is 2.32. The first-order chi connectivity index (χ1) is 20.2. The number of nitrogens with one attached hydrogen (secondary N) is 1. The van der Waals surface area contributed by atoms with E-state index in [1.807, 2.05) is 0 Å². The number of benzene rings is 1. The molecule has 42 heavy (non-hydrogen) atoms. The molecule has 1 aromatic carbocycles. The predicted octanol–water partition coefficient (Wildman–Crippen LogP) is 1.09. The summed E-state index contributed by atoms with van der Waals surface area (Å²) in [6.45, 7) is 2.88. The number of likely N-dealkylation sites (N-methyl/N-ethyl adjacent to an activating group) is 1. The number of aliphatic hydroxyl groups is 2. The van der Waals surface area contributed by atoms with Gasteiger partial charge in [0, 0.05) is 32.1 Å². The Labute approximate surface area is 238 Å². The molecule has 4 atom stereocenters. The summed E-state index contributed by atoms with van der Waals surface area (Å²) in [7, 11) is 0. The van der Waals surface area contributed by atoms with Gasteiger partial charge in [0.05, 0.1) is 6.33 Å². The maximum absolute atomic E-state index is 13.4. The number of anilines is 1. The second kappa shape index (κ2) is 12.2. The summed E-state index contributed by atoms with van der Waals surface area (Å²) in [6.07, 6.45) is -2.81. The average molecular weight is 586 g/mol. The van der Waals surface area contributed by atoms with Gasteiger partial charge < -0.3 is 35.6 Å². The molecule has 13 nitrogen and oxygen atoms in total. The predicted molar refractivity (Wildman–Crippen MR) is 143 cm³/mol. The number of rotatable bonds is 5. The Morgan fingerprint density at radius 2 is 1.95 bits per heavy atom. The molecular formula is C27H29F2N7O6. The van der Waals surface area contributed by atoms with Crippen LogP contribution in [-0.4, -0.2) is 84.6 Å². The summed E-state index contributed by atoms with van der Waals surface area (Å²) >= 11 is 0. The first kappa shape index (κ1) is 29.1. The van der Waals surface area contributed by atoms with E-state index in [0.29, 0.717) is 38.9 Å². The number of nitrogens with two attached hydrogens (primary N) is 1. The third-order valence-corrected chi connectivity index (χ3v) is 7.13. The van der Waals surface area contributed by atoms with Crippen molar-refractivity contribution >= 4 is 29.0 Å². The molecule has 0 unspecified atom stereocenters. The number of halogens is 2. The van der Waals surface area contributed by atoms with E-state index in [-0.39, 0.29) is 34.5 Å². The van der Waals surface area contributed by atoms with Gasteiger partial charge in [-0.2, -0.15) is 0 Å². The second-order valence-corrected chi connectivity index (χ2v) is 9.96. The number of carbonyl (C=O) groups excluding carboxylic acids is 2. The molecule has 15 heteroatoms. The van der Waals surface area contributed by atoms with Crippen molar-refractivity contribution in [2.75, 3.05) is 25.4 Å². The number of aromatic nitrogens is 4. The minimum absolute atomic E-state index is 0.0595. The number of amides is 2. The molecule has 0 spiro atoms. The van der Waals surface area contributed by atoms with E-state index < -0.39 is 48.2 Å². The van der Waals surface area contributed by atoms with E-state index in [2.05, 4.69) is 32.1 Å². The quantitative estimate of drug-likeness (QED) is 0.317. The van der Waals surface area contributed by atoms with Crippen LogP contribution in [0.25, 0.3) is 11.2 Å². The number of nitrogens with zero attached hydrogens (tertiary/aromatic N) is 5. The summed E-state index contributed by atoms with van der Waals surface area (Å²) in [5.41, 5.74) is 6.54. The molecule has 0 saturated carbocycles. The smallest absolute Gasteiger partial charge is 0.410 e. The van der Waals surface area contributed by atoms with Crippen molar-refractivity contribution in [3.63, 3.8) is 0 Å². The van der Waals surface area contributed by atoms with Crippen LogP contribution in [0.4, 0.5) is 19.4 Å². The van der Waals surface area contributed by atoms with Crippen LogP contribution in [-0.2, 0) is 9.53 Å². The number of aliphatic hydroxyl groups excluding tert-OH is 2. The third-order valence-electron chi connectivity index (χ3n) is 7.13. The van der Waals surface area contributed by atoms with E-state index >= 15 is 0 Å². The molecule has 2 saturated heterocycles. The van der Waals surface area contributed by atoms with Crippen LogP contribution in [0, 0.1) is 29.4 Å². The topological polar surface area (TPSA) is 178 Å². The van der Waals surface area contributed by atoms with Gasteiger partial charge in [-0.3, -0.25) is 9.36 Å². The number of carbonyl (C=O) groups is 2. The lowest BCUT2D eigenvalue weighted by Crippen LogP contribution is -2.42. The van der Waals surface area contributed by atoms with E-state index in [4.69, 9.17) is 15.2 Å². The molecule has 5 rings (SSSR count). The average Bonchev–Trinajstić information content (AvgIpc) is 3.52. The van der Waals surface area contributed by atoms with Crippen molar-refractivity contribution in [3.05, 3.63) is 42.0 Å². The van der Waals surface area contributed by atoms with Crippen LogP contribution in [0.2, 0.25) is 0 Å². The molecule has 2 fully saturated rings. The minimum atomic E-state index is -1.46. The lowest BCUT2D eigenvalue weighted by Gasteiger charge is -2.30. The van der Waals surface area contributed by atoms with Crippen LogP contribution in [0.3, 0.4) is 0 Å². The number of likely N-dealkylation sites (tertiary alicyclic amines) is 1. The second-order valence-electron chi connectivity index (χ2n) is 9.96. The van der Waals surface area contributed by atoms with E-state index in [9.17, 15) is 28.6 Å². The number of piperidine rings is 1. The van der Waals surface area contributed by atoms with Gasteiger partial charge >= 0.3 is 6.09 Å². The van der Waals surface area contributed by atoms with Crippen molar-refractivity contribution in [2.45, 2.75) is 50.7 Å². The van der Waals surface area contributed by atoms with Gasteiger partial charge in [-0.05, 0) is 43.7 Å². The SMILES string of the molecule is CCNC(=O)[C@H]1O[C@@H](n2cnc3c(N)nc(C#CCC4CCN(C(=O)Oc5ccc(F)c(F)c5)CC4)nc32)[C@H](O)[C@@H]1O. The Kier molecular flexibility index (Phi) is 8.48. The molecule has 222 valence electrons. The van der Waals surface area contributed by atoms with Crippen molar-refractivity contribution in [1.29, 1.82) is 0 Å². The third kappa shape index (κ3) is 5.96. The monoisotopic (exact) mass is 585 g/mol. The van der Waals surface area contributed by atoms with Crippen molar-refractivity contribution in [2.24, 2.45) is 5.92 Å². The lowest BCUT2D eigenvalue weighted by atomic mass is 9.94. The molecule has 5 N–H and O–H groups in total. The molecule has 2 amide bonds. The number of hydrogen-bond donors (Lipinski definition) is 4. The van der Waals surface area contributed by atoms with Crippen LogP contribution >= 0.6 is 0 Å². The Hall–Kier alpha value is -4.39. The van der Waals surface area contributed by atoms with Crippen LogP contribution in [0.15, 0.2) is 24.5 Å². The Morgan fingerprint density at radius 1 is 1.19 bits per heavy atom. The number of hydrogen-bond acceptors (Lipinski definition) is 10. The molecule has 3 aromatic rings. The molecule has 0 bridgehead atoms. The van der Waals surface area contributed by atoms with Gasteiger partial charge in [0.25, 0.3) is 5.91 Å². The molecular weight excluding hydrogens is 556 g/mol.